The third-order valence-corrected chi connectivity index (χ3v) is 3.57. The molecule has 1 fully saturated rings. The molecule has 1 saturated carbocycles. The largest absolute Gasteiger partial charge is 0.375 e. The molecule has 12 heavy (non-hydrogen) atoms. The fraction of sp³-hybridized carbons (Fsp3) is 1.00. The molecule has 1 rings (SSSR count). The minimum atomic E-state index is 0.245. The molecule has 1 aliphatic rings. The number of ether oxygens (including phenoxy) is 1. The van der Waals surface area contributed by atoms with E-state index in [0.29, 0.717) is 0 Å². The second kappa shape index (κ2) is 5.03. The van der Waals surface area contributed by atoms with Crippen molar-refractivity contribution in [3.8, 4) is 0 Å². The van der Waals surface area contributed by atoms with Crippen LogP contribution >= 0.6 is 0 Å². The fourth-order valence-corrected chi connectivity index (χ4v) is 2.20. The number of rotatable bonds is 4. The van der Waals surface area contributed by atoms with Gasteiger partial charge in [-0.25, -0.2) is 0 Å². The van der Waals surface area contributed by atoms with Gasteiger partial charge in [0.1, 0.15) is 0 Å². The summed E-state index contributed by atoms with van der Waals surface area (Å²) in [5, 5.41) is 0. The molecule has 0 aromatic carbocycles. The van der Waals surface area contributed by atoms with Gasteiger partial charge in [0.05, 0.1) is 5.60 Å². The third-order valence-electron chi connectivity index (χ3n) is 2.86. The standard InChI is InChI=1S/C10H22OSi/c1-10(11-8-5-9-12)6-3-2-4-7-10/h2-9H2,1,12H3. The zero-order valence-electron chi connectivity index (χ0n) is 8.57. The minimum absolute atomic E-state index is 0.245. The molecule has 0 radical (unpaired) electrons. The summed E-state index contributed by atoms with van der Waals surface area (Å²) in [6, 6.07) is 1.38. The Morgan fingerprint density at radius 2 is 1.92 bits per heavy atom. The van der Waals surface area contributed by atoms with E-state index in [4.69, 9.17) is 4.74 Å². The highest BCUT2D eigenvalue weighted by Gasteiger charge is 2.26. The molecule has 2 heteroatoms. The zero-order chi connectivity index (χ0) is 8.86. The lowest BCUT2D eigenvalue weighted by Gasteiger charge is -2.33. The molecule has 0 heterocycles. The number of hydrogen-bond donors (Lipinski definition) is 0. The van der Waals surface area contributed by atoms with Gasteiger partial charge >= 0.3 is 0 Å². The lowest BCUT2D eigenvalue weighted by molar-refractivity contribution is -0.0557. The average Bonchev–Trinajstić information content (AvgIpc) is 2.06. The molecule has 0 atom stereocenters. The van der Waals surface area contributed by atoms with Crippen LogP contribution in [-0.2, 0) is 4.74 Å². The van der Waals surface area contributed by atoms with E-state index in [9.17, 15) is 0 Å². The summed E-state index contributed by atoms with van der Waals surface area (Å²) in [5.41, 5.74) is 0.245. The highest BCUT2D eigenvalue weighted by molar-refractivity contribution is 6.08. The van der Waals surface area contributed by atoms with Gasteiger partial charge in [-0.2, -0.15) is 0 Å². The van der Waals surface area contributed by atoms with Crippen LogP contribution in [0.25, 0.3) is 0 Å². The quantitative estimate of drug-likeness (QED) is 0.481. The SMILES string of the molecule is CC1(OCCC[SiH3])CCCCC1. The summed E-state index contributed by atoms with van der Waals surface area (Å²) in [6.07, 6.45) is 8.01. The van der Waals surface area contributed by atoms with Crippen LogP contribution in [0.15, 0.2) is 0 Å². The van der Waals surface area contributed by atoms with E-state index in [0.717, 1.165) is 6.61 Å². The molecule has 0 N–H and O–H groups in total. The van der Waals surface area contributed by atoms with Gasteiger partial charge in [-0.1, -0.05) is 25.3 Å². The van der Waals surface area contributed by atoms with Gasteiger partial charge in [0.25, 0.3) is 0 Å². The Morgan fingerprint density at radius 1 is 1.25 bits per heavy atom. The average molecular weight is 186 g/mol. The highest BCUT2D eigenvalue weighted by Crippen LogP contribution is 2.30. The maximum Gasteiger partial charge on any atom is 0.0654 e. The lowest BCUT2D eigenvalue weighted by atomic mass is 9.86. The Bertz CT molecular complexity index is 119. The van der Waals surface area contributed by atoms with Crippen molar-refractivity contribution in [2.24, 2.45) is 0 Å². The molecule has 1 nitrogen and oxygen atoms in total. The van der Waals surface area contributed by atoms with Crippen LogP contribution in [0.4, 0.5) is 0 Å². The van der Waals surface area contributed by atoms with E-state index in [-0.39, 0.29) is 5.60 Å². The van der Waals surface area contributed by atoms with Gasteiger partial charge < -0.3 is 4.74 Å². The summed E-state index contributed by atoms with van der Waals surface area (Å²) in [4.78, 5) is 0. The molecule has 0 aromatic heterocycles. The summed E-state index contributed by atoms with van der Waals surface area (Å²) in [5.74, 6) is 0. The van der Waals surface area contributed by atoms with Crippen molar-refractivity contribution in [1.82, 2.24) is 0 Å². The van der Waals surface area contributed by atoms with Crippen LogP contribution in [0, 0.1) is 0 Å². The molecule has 0 spiro atoms. The van der Waals surface area contributed by atoms with E-state index in [2.05, 4.69) is 6.92 Å². The molecule has 0 bridgehead atoms. The van der Waals surface area contributed by atoms with Crippen molar-refractivity contribution in [2.75, 3.05) is 6.61 Å². The van der Waals surface area contributed by atoms with Crippen molar-refractivity contribution in [1.29, 1.82) is 0 Å². The van der Waals surface area contributed by atoms with Gasteiger partial charge in [-0.05, 0) is 26.2 Å². The predicted molar refractivity (Wildman–Crippen MR) is 56.8 cm³/mol. The molecule has 0 amide bonds. The van der Waals surface area contributed by atoms with E-state index in [1.807, 2.05) is 0 Å². The molecule has 0 saturated heterocycles. The Labute approximate surface area is 79.3 Å². The second-order valence-corrected chi connectivity index (χ2v) is 5.21. The first kappa shape index (κ1) is 10.3. The summed E-state index contributed by atoms with van der Waals surface area (Å²) in [7, 11) is 1.33. The smallest absolute Gasteiger partial charge is 0.0654 e. The van der Waals surface area contributed by atoms with Crippen molar-refractivity contribution < 1.29 is 4.74 Å². The molecular formula is C10H22OSi. The molecule has 0 aromatic rings. The van der Waals surface area contributed by atoms with Crippen LogP contribution in [0.2, 0.25) is 6.04 Å². The predicted octanol–water partition coefficient (Wildman–Crippen LogP) is 1.90. The lowest BCUT2D eigenvalue weighted by Crippen LogP contribution is -2.31. The van der Waals surface area contributed by atoms with Gasteiger partial charge in [-0.3, -0.25) is 0 Å². The van der Waals surface area contributed by atoms with Crippen LogP contribution < -0.4 is 0 Å². The Hall–Kier alpha value is 0.177. The first-order valence-corrected chi connectivity index (χ1v) is 6.82. The summed E-state index contributed by atoms with van der Waals surface area (Å²) < 4.78 is 5.93. The van der Waals surface area contributed by atoms with E-state index in [1.54, 1.807) is 0 Å². The zero-order valence-corrected chi connectivity index (χ0v) is 10.6. The topological polar surface area (TPSA) is 9.23 Å². The maximum absolute atomic E-state index is 5.93. The van der Waals surface area contributed by atoms with E-state index < -0.39 is 0 Å². The van der Waals surface area contributed by atoms with E-state index >= 15 is 0 Å². The maximum atomic E-state index is 5.93. The molecule has 1 aliphatic carbocycles. The van der Waals surface area contributed by atoms with Crippen LogP contribution in [-0.4, -0.2) is 22.5 Å². The molecule has 0 aliphatic heterocycles. The number of hydrogen-bond acceptors (Lipinski definition) is 1. The Balaban J connectivity index is 2.17. The fourth-order valence-electron chi connectivity index (χ4n) is 1.91. The first-order chi connectivity index (χ1) is 5.77. The summed E-state index contributed by atoms with van der Waals surface area (Å²) >= 11 is 0. The monoisotopic (exact) mass is 186 g/mol. The van der Waals surface area contributed by atoms with Gasteiger partial charge in [0.15, 0.2) is 0 Å². The van der Waals surface area contributed by atoms with Crippen LogP contribution in [0.3, 0.4) is 0 Å². The normalized spacial score (nSPS) is 22.8. The molecular weight excluding hydrogens is 164 g/mol. The highest BCUT2D eigenvalue weighted by atomic mass is 28.1. The van der Waals surface area contributed by atoms with Crippen LogP contribution in [0.1, 0.15) is 45.4 Å². The summed E-state index contributed by atoms with van der Waals surface area (Å²) in [6.45, 7) is 3.29. The van der Waals surface area contributed by atoms with Crippen molar-refractivity contribution in [3.05, 3.63) is 0 Å². The second-order valence-electron chi connectivity index (χ2n) is 4.21. The Kier molecular flexibility index (Phi) is 4.30. The van der Waals surface area contributed by atoms with Gasteiger partial charge in [-0.15, -0.1) is 0 Å². The Morgan fingerprint density at radius 3 is 2.50 bits per heavy atom. The van der Waals surface area contributed by atoms with Crippen molar-refractivity contribution in [3.63, 3.8) is 0 Å². The van der Waals surface area contributed by atoms with Crippen molar-refractivity contribution >= 4 is 10.2 Å². The van der Waals surface area contributed by atoms with Gasteiger partial charge in [0, 0.05) is 16.8 Å². The van der Waals surface area contributed by atoms with E-state index in [1.165, 1.54) is 54.8 Å². The molecule has 72 valence electrons. The third kappa shape index (κ3) is 3.28. The van der Waals surface area contributed by atoms with Gasteiger partial charge in [0.2, 0.25) is 0 Å². The minimum Gasteiger partial charge on any atom is -0.375 e. The molecule has 0 unspecified atom stereocenters. The van der Waals surface area contributed by atoms with Crippen LogP contribution in [0.5, 0.6) is 0 Å². The van der Waals surface area contributed by atoms with Crippen molar-refractivity contribution in [2.45, 2.75) is 57.1 Å². The first-order valence-electron chi connectivity index (χ1n) is 5.41.